The molecule has 4 nitrogen and oxygen atoms in total. The lowest BCUT2D eigenvalue weighted by Crippen LogP contribution is -2.45. The molecule has 0 heterocycles. The van der Waals surface area contributed by atoms with Gasteiger partial charge in [-0.15, -0.1) is 0 Å². The zero-order valence-electron chi connectivity index (χ0n) is 13.1. The van der Waals surface area contributed by atoms with E-state index < -0.39 is 7.82 Å². The van der Waals surface area contributed by atoms with Crippen molar-refractivity contribution in [2.24, 2.45) is 29.6 Å². The fraction of sp³-hybridized carbons (Fsp3) is 0.556. The smallest absolute Gasteiger partial charge is 0.404 e. The molecule has 0 atom stereocenters. The molecule has 124 valence electrons. The first-order chi connectivity index (χ1) is 10.9. The van der Waals surface area contributed by atoms with Crippen molar-refractivity contribution >= 4 is 13.4 Å². The SMILES string of the molecule is C=C(c1cccc(OP(=O)(O)O)c1)C1C2CC3CC(C2)CC1C3. The van der Waals surface area contributed by atoms with Crippen LogP contribution in [0.1, 0.15) is 37.7 Å². The maximum Gasteiger partial charge on any atom is 0.524 e. The fourth-order valence-corrected chi connectivity index (χ4v) is 5.96. The molecular weight excluding hydrogens is 311 g/mol. The molecule has 0 aliphatic heterocycles. The summed E-state index contributed by atoms with van der Waals surface area (Å²) in [6.07, 6.45) is 6.74. The average Bonchev–Trinajstić information content (AvgIpc) is 2.44. The van der Waals surface area contributed by atoms with Crippen molar-refractivity contribution in [3.8, 4) is 5.75 Å². The van der Waals surface area contributed by atoms with Crippen LogP contribution in [0.4, 0.5) is 0 Å². The standard InChI is InChI=1S/C18H23O4P/c1-11(14-3-2-4-17(10-14)22-23(19,20)21)18-15-6-12-5-13(8-15)9-16(18)7-12/h2-4,10,12-13,15-16,18H,1,5-9H2,(H2,19,20,21). The Morgan fingerprint density at radius 1 is 1.09 bits per heavy atom. The Hall–Kier alpha value is -1.09. The highest BCUT2D eigenvalue weighted by Crippen LogP contribution is 2.59. The van der Waals surface area contributed by atoms with E-state index in [9.17, 15) is 4.57 Å². The number of allylic oxidation sites excluding steroid dienone is 1. The second-order valence-electron chi connectivity index (χ2n) is 7.59. The third-order valence-electron chi connectivity index (χ3n) is 6.06. The van der Waals surface area contributed by atoms with Crippen molar-refractivity contribution in [2.45, 2.75) is 32.1 Å². The lowest BCUT2D eigenvalue weighted by Gasteiger charge is -2.55. The number of benzene rings is 1. The van der Waals surface area contributed by atoms with E-state index >= 15 is 0 Å². The van der Waals surface area contributed by atoms with Crippen LogP contribution in [-0.4, -0.2) is 9.79 Å². The first kappa shape index (κ1) is 15.4. The van der Waals surface area contributed by atoms with Crippen molar-refractivity contribution in [1.29, 1.82) is 0 Å². The van der Waals surface area contributed by atoms with Gasteiger partial charge in [0.05, 0.1) is 0 Å². The molecule has 0 spiro atoms. The normalized spacial score (nSPS) is 35.3. The Kier molecular flexibility index (Phi) is 3.67. The molecule has 4 bridgehead atoms. The minimum absolute atomic E-state index is 0.209. The molecule has 23 heavy (non-hydrogen) atoms. The minimum atomic E-state index is -4.52. The third kappa shape index (κ3) is 3.00. The van der Waals surface area contributed by atoms with Crippen LogP contribution >= 0.6 is 7.82 Å². The third-order valence-corrected chi connectivity index (χ3v) is 6.51. The van der Waals surface area contributed by atoms with Gasteiger partial charge in [0.25, 0.3) is 0 Å². The molecule has 4 aliphatic carbocycles. The van der Waals surface area contributed by atoms with E-state index in [0.717, 1.165) is 34.8 Å². The molecule has 4 saturated carbocycles. The molecule has 5 heteroatoms. The van der Waals surface area contributed by atoms with Gasteiger partial charge in [-0.2, -0.15) is 0 Å². The number of phosphoric acid groups is 1. The van der Waals surface area contributed by atoms with Gasteiger partial charge in [0.2, 0.25) is 0 Å². The maximum atomic E-state index is 11.0. The molecule has 1 aromatic carbocycles. The molecular formula is C18H23O4P. The van der Waals surface area contributed by atoms with Gasteiger partial charge in [0.1, 0.15) is 5.75 Å². The summed E-state index contributed by atoms with van der Waals surface area (Å²) in [4.78, 5) is 18.0. The van der Waals surface area contributed by atoms with Gasteiger partial charge in [-0.1, -0.05) is 18.7 Å². The zero-order chi connectivity index (χ0) is 16.2. The van der Waals surface area contributed by atoms with E-state index in [4.69, 9.17) is 14.3 Å². The van der Waals surface area contributed by atoms with Crippen LogP contribution in [0, 0.1) is 29.6 Å². The summed E-state index contributed by atoms with van der Waals surface area (Å²) in [5.41, 5.74) is 2.07. The van der Waals surface area contributed by atoms with Crippen molar-refractivity contribution in [2.75, 3.05) is 0 Å². The molecule has 4 aliphatic rings. The van der Waals surface area contributed by atoms with Crippen molar-refractivity contribution in [3.05, 3.63) is 36.4 Å². The minimum Gasteiger partial charge on any atom is -0.404 e. The van der Waals surface area contributed by atoms with Crippen LogP contribution in [0.15, 0.2) is 30.8 Å². The highest BCUT2D eigenvalue weighted by atomic mass is 31.2. The van der Waals surface area contributed by atoms with E-state index in [-0.39, 0.29) is 5.75 Å². The molecule has 1 aromatic rings. The first-order valence-corrected chi connectivity index (χ1v) is 9.96. The molecule has 0 aromatic heterocycles. The predicted octanol–water partition coefficient (Wildman–Crippen LogP) is 4.24. The van der Waals surface area contributed by atoms with E-state index in [1.165, 1.54) is 32.1 Å². The summed E-state index contributed by atoms with van der Waals surface area (Å²) in [6.45, 7) is 4.36. The van der Waals surface area contributed by atoms with Crippen LogP contribution in [0.3, 0.4) is 0 Å². The number of phosphoric ester groups is 1. The molecule has 5 rings (SSSR count). The van der Waals surface area contributed by atoms with E-state index in [2.05, 4.69) is 6.58 Å². The maximum absolute atomic E-state index is 11.0. The van der Waals surface area contributed by atoms with Crippen molar-refractivity contribution < 1.29 is 18.9 Å². The molecule has 0 radical (unpaired) electrons. The molecule has 0 amide bonds. The van der Waals surface area contributed by atoms with Crippen molar-refractivity contribution in [1.82, 2.24) is 0 Å². The van der Waals surface area contributed by atoms with Crippen LogP contribution in [-0.2, 0) is 4.57 Å². The number of hydrogen-bond donors (Lipinski definition) is 2. The highest BCUT2D eigenvalue weighted by Gasteiger charge is 2.48. The van der Waals surface area contributed by atoms with E-state index in [1.807, 2.05) is 6.07 Å². The summed E-state index contributed by atoms with van der Waals surface area (Å²) >= 11 is 0. The largest absolute Gasteiger partial charge is 0.524 e. The van der Waals surface area contributed by atoms with Gasteiger partial charge < -0.3 is 4.52 Å². The number of rotatable bonds is 4. The quantitative estimate of drug-likeness (QED) is 0.808. The first-order valence-electron chi connectivity index (χ1n) is 8.43. The Morgan fingerprint density at radius 3 is 2.26 bits per heavy atom. The average molecular weight is 334 g/mol. The van der Waals surface area contributed by atoms with Crippen molar-refractivity contribution in [3.63, 3.8) is 0 Å². The van der Waals surface area contributed by atoms with Gasteiger partial charge in [0, 0.05) is 0 Å². The second kappa shape index (κ2) is 5.47. The van der Waals surface area contributed by atoms with Crippen LogP contribution in [0.2, 0.25) is 0 Å². The molecule has 0 saturated heterocycles. The van der Waals surface area contributed by atoms with E-state index in [0.29, 0.717) is 5.92 Å². The Balaban J connectivity index is 1.57. The molecule has 2 N–H and O–H groups in total. The van der Waals surface area contributed by atoms with E-state index in [1.54, 1.807) is 18.2 Å². The fourth-order valence-electron chi connectivity index (χ4n) is 5.58. The lowest BCUT2D eigenvalue weighted by atomic mass is 9.50. The Morgan fingerprint density at radius 2 is 1.70 bits per heavy atom. The van der Waals surface area contributed by atoms with Gasteiger partial charge in [0.15, 0.2) is 0 Å². The zero-order valence-corrected chi connectivity index (χ0v) is 14.0. The summed E-state index contributed by atoms with van der Waals surface area (Å²) in [6, 6.07) is 7.04. The summed E-state index contributed by atoms with van der Waals surface area (Å²) < 4.78 is 15.8. The van der Waals surface area contributed by atoms with Gasteiger partial charge in [-0.3, -0.25) is 9.79 Å². The van der Waals surface area contributed by atoms with Crippen LogP contribution < -0.4 is 4.52 Å². The predicted molar refractivity (Wildman–Crippen MR) is 88.7 cm³/mol. The second-order valence-corrected chi connectivity index (χ2v) is 8.76. The molecule has 4 fully saturated rings. The van der Waals surface area contributed by atoms with Gasteiger partial charge in [-0.25, -0.2) is 4.57 Å². The topological polar surface area (TPSA) is 66.8 Å². The summed E-state index contributed by atoms with van der Waals surface area (Å²) in [7, 11) is -4.52. The Labute approximate surface area is 136 Å². The van der Waals surface area contributed by atoms with Crippen LogP contribution in [0.25, 0.3) is 5.57 Å². The highest BCUT2D eigenvalue weighted by molar-refractivity contribution is 7.46. The van der Waals surface area contributed by atoms with Gasteiger partial charge in [-0.05, 0) is 85.0 Å². The Bertz CT molecular complexity index is 649. The lowest BCUT2D eigenvalue weighted by molar-refractivity contribution is -0.0119. The number of hydrogen-bond acceptors (Lipinski definition) is 2. The summed E-state index contributed by atoms with van der Waals surface area (Å²) in [5.74, 6) is 4.06. The molecule has 0 unspecified atom stereocenters. The van der Waals surface area contributed by atoms with Gasteiger partial charge >= 0.3 is 7.82 Å². The monoisotopic (exact) mass is 334 g/mol. The van der Waals surface area contributed by atoms with Crippen LogP contribution in [0.5, 0.6) is 5.75 Å². The summed E-state index contributed by atoms with van der Waals surface area (Å²) in [5, 5.41) is 0.